The molecule has 3 heterocycles. The smallest absolute Gasteiger partial charge is 0.296 e. The fourth-order valence-corrected chi connectivity index (χ4v) is 2.60. The molecule has 124 valence electrons. The zero-order valence-electron chi connectivity index (χ0n) is 13.0. The summed E-state index contributed by atoms with van der Waals surface area (Å²) in [7, 11) is 0. The van der Waals surface area contributed by atoms with Crippen LogP contribution in [-0.2, 0) is 9.59 Å². The van der Waals surface area contributed by atoms with Gasteiger partial charge in [0.1, 0.15) is 12.1 Å². The molecule has 0 saturated carbocycles. The van der Waals surface area contributed by atoms with Gasteiger partial charge < -0.3 is 8.83 Å². The van der Waals surface area contributed by atoms with Crippen LogP contribution in [0.25, 0.3) is 0 Å². The number of carbonyl (C=O) groups excluding carboxylic acids is 4. The Hall–Kier alpha value is -3.16. The van der Waals surface area contributed by atoms with Crippen molar-refractivity contribution in [2.24, 2.45) is 0 Å². The third kappa shape index (κ3) is 2.32. The van der Waals surface area contributed by atoms with Crippen molar-refractivity contribution in [3.05, 3.63) is 48.3 Å². The van der Waals surface area contributed by atoms with Gasteiger partial charge in [0.2, 0.25) is 0 Å². The summed E-state index contributed by atoms with van der Waals surface area (Å²) >= 11 is 0. The van der Waals surface area contributed by atoms with E-state index in [1.54, 1.807) is 0 Å². The number of imide groups is 2. The highest BCUT2D eigenvalue weighted by Gasteiger charge is 2.48. The average molecular weight is 330 g/mol. The number of piperazine rings is 1. The summed E-state index contributed by atoms with van der Waals surface area (Å²) in [5.74, 6) is -2.88. The predicted molar refractivity (Wildman–Crippen MR) is 78.7 cm³/mol. The Morgan fingerprint density at radius 1 is 0.833 bits per heavy atom. The molecular weight excluding hydrogens is 316 g/mol. The minimum absolute atomic E-state index is 0.0546. The highest BCUT2D eigenvalue weighted by atomic mass is 16.3. The largest absolute Gasteiger partial charge is 0.459 e. The van der Waals surface area contributed by atoms with Crippen molar-refractivity contribution >= 4 is 23.6 Å². The Kier molecular flexibility index (Phi) is 3.80. The minimum Gasteiger partial charge on any atom is -0.459 e. The maximum Gasteiger partial charge on any atom is 0.296 e. The van der Waals surface area contributed by atoms with Crippen LogP contribution >= 0.6 is 0 Å². The summed E-state index contributed by atoms with van der Waals surface area (Å²) in [5, 5.41) is 0. The van der Waals surface area contributed by atoms with Crippen molar-refractivity contribution in [3.8, 4) is 0 Å². The van der Waals surface area contributed by atoms with Gasteiger partial charge in [-0.05, 0) is 38.1 Å². The molecule has 0 aliphatic carbocycles. The van der Waals surface area contributed by atoms with Gasteiger partial charge in [0, 0.05) is 0 Å². The van der Waals surface area contributed by atoms with E-state index in [-0.39, 0.29) is 11.5 Å². The zero-order valence-corrected chi connectivity index (χ0v) is 13.0. The molecule has 3 rings (SSSR count). The van der Waals surface area contributed by atoms with Crippen molar-refractivity contribution in [1.29, 1.82) is 0 Å². The van der Waals surface area contributed by atoms with Crippen molar-refractivity contribution in [1.82, 2.24) is 9.80 Å². The van der Waals surface area contributed by atoms with Gasteiger partial charge in [-0.15, -0.1) is 0 Å². The molecule has 0 unspecified atom stereocenters. The minimum atomic E-state index is -1.13. The van der Waals surface area contributed by atoms with Crippen LogP contribution in [-0.4, -0.2) is 45.5 Å². The van der Waals surface area contributed by atoms with Gasteiger partial charge in [-0.3, -0.25) is 29.0 Å². The summed E-state index contributed by atoms with van der Waals surface area (Å²) in [6, 6.07) is 3.54. The molecule has 2 aromatic heterocycles. The normalized spacial score (nSPS) is 21.2. The molecule has 2 aromatic rings. The molecule has 1 aliphatic heterocycles. The van der Waals surface area contributed by atoms with Gasteiger partial charge in [-0.2, -0.15) is 0 Å². The van der Waals surface area contributed by atoms with Crippen LogP contribution in [0.15, 0.2) is 45.6 Å². The Morgan fingerprint density at radius 2 is 1.21 bits per heavy atom. The Bertz CT molecular complexity index is 724. The van der Waals surface area contributed by atoms with Gasteiger partial charge in [0.05, 0.1) is 12.5 Å². The average Bonchev–Trinajstić information content (AvgIpc) is 3.26. The molecule has 1 fully saturated rings. The molecule has 8 nitrogen and oxygen atoms in total. The maximum atomic E-state index is 12.6. The number of amides is 4. The summed E-state index contributed by atoms with van der Waals surface area (Å²) < 4.78 is 10.00. The van der Waals surface area contributed by atoms with Crippen LogP contribution < -0.4 is 0 Å². The van der Waals surface area contributed by atoms with E-state index in [4.69, 9.17) is 8.83 Å². The van der Waals surface area contributed by atoms with Crippen LogP contribution in [0.3, 0.4) is 0 Å². The van der Waals surface area contributed by atoms with Crippen molar-refractivity contribution in [2.45, 2.75) is 25.9 Å². The van der Waals surface area contributed by atoms with E-state index in [0.717, 1.165) is 9.80 Å². The molecular formula is C16H14N2O6. The highest BCUT2D eigenvalue weighted by Crippen LogP contribution is 2.23. The van der Waals surface area contributed by atoms with E-state index in [1.165, 1.54) is 50.6 Å². The van der Waals surface area contributed by atoms with Crippen molar-refractivity contribution in [2.75, 3.05) is 0 Å². The lowest BCUT2D eigenvalue weighted by atomic mass is 10.1. The first-order chi connectivity index (χ1) is 11.4. The first-order valence-electron chi connectivity index (χ1n) is 7.25. The number of furan rings is 2. The van der Waals surface area contributed by atoms with Crippen LogP contribution in [0, 0.1) is 0 Å². The molecule has 0 aromatic carbocycles. The van der Waals surface area contributed by atoms with Crippen LogP contribution in [0.1, 0.15) is 35.0 Å². The maximum absolute atomic E-state index is 12.6. The SMILES string of the molecule is C[C@H]1C(=O)N(C(=O)c2ccco2)[C@@H](C)C(=O)N1C(=O)c1ccco1. The monoisotopic (exact) mass is 330 g/mol. The zero-order chi connectivity index (χ0) is 17.4. The molecule has 4 amide bonds. The molecule has 1 aliphatic rings. The number of carbonyl (C=O) groups is 4. The van der Waals surface area contributed by atoms with Gasteiger partial charge in [0.25, 0.3) is 23.6 Å². The van der Waals surface area contributed by atoms with E-state index in [0.29, 0.717) is 0 Å². The fraction of sp³-hybridized carbons (Fsp3) is 0.250. The lowest BCUT2D eigenvalue weighted by Crippen LogP contribution is -2.65. The fourth-order valence-electron chi connectivity index (χ4n) is 2.60. The van der Waals surface area contributed by atoms with Crippen LogP contribution in [0.2, 0.25) is 0 Å². The third-order valence-electron chi connectivity index (χ3n) is 3.87. The number of nitrogens with zero attached hydrogens (tertiary/aromatic N) is 2. The second kappa shape index (κ2) is 5.80. The Morgan fingerprint density at radius 3 is 1.50 bits per heavy atom. The lowest BCUT2D eigenvalue weighted by molar-refractivity contribution is -0.154. The van der Waals surface area contributed by atoms with Crippen LogP contribution in [0.5, 0.6) is 0 Å². The molecule has 0 radical (unpaired) electrons. The summed E-state index contributed by atoms with van der Waals surface area (Å²) in [4.78, 5) is 51.6. The van der Waals surface area contributed by atoms with E-state index in [1.807, 2.05) is 0 Å². The van der Waals surface area contributed by atoms with Gasteiger partial charge in [0.15, 0.2) is 11.5 Å². The molecule has 0 spiro atoms. The van der Waals surface area contributed by atoms with E-state index in [9.17, 15) is 19.2 Å². The number of rotatable bonds is 2. The van der Waals surface area contributed by atoms with Gasteiger partial charge in [-0.25, -0.2) is 0 Å². The quantitative estimate of drug-likeness (QED) is 0.769. The predicted octanol–water partition coefficient (Wildman–Crippen LogP) is 1.30. The Labute approximate surface area is 136 Å². The first kappa shape index (κ1) is 15.7. The second-order valence-corrected chi connectivity index (χ2v) is 5.33. The van der Waals surface area contributed by atoms with E-state index in [2.05, 4.69) is 0 Å². The standard InChI is InChI=1S/C16H14N2O6/c1-9-13(19)18(16(22)12-6-4-8-24-12)10(2)14(20)17(9)15(21)11-5-3-7-23-11/h3-10H,1-2H3/t9-,10-/m0/s1. The summed E-state index contributed by atoms with van der Waals surface area (Å²) in [5.41, 5.74) is 0. The second-order valence-electron chi connectivity index (χ2n) is 5.33. The Balaban J connectivity index is 1.92. The molecule has 8 heteroatoms. The topological polar surface area (TPSA) is 101 Å². The van der Waals surface area contributed by atoms with Gasteiger partial charge in [-0.1, -0.05) is 0 Å². The van der Waals surface area contributed by atoms with Crippen molar-refractivity contribution in [3.63, 3.8) is 0 Å². The highest BCUT2D eigenvalue weighted by molar-refractivity contribution is 6.16. The molecule has 24 heavy (non-hydrogen) atoms. The summed E-state index contributed by atoms with van der Waals surface area (Å²) in [6.45, 7) is 2.77. The van der Waals surface area contributed by atoms with Gasteiger partial charge >= 0.3 is 0 Å². The lowest BCUT2D eigenvalue weighted by Gasteiger charge is -2.39. The summed E-state index contributed by atoms with van der Waals surface area (Å²) in [6.07, 6.45) is 2.59. The van der Waals surface area contributed by atoms with Crippen LogP contribution in [0.4, 0.5) is 0 Å². The first-order valence-corrected chi connectivity index (χ1v) is 7.25. The molecule has 0 bridgehead atoms. The molecule has 2 atom stereocenters. The molecule has 0 N–H and O–H groups in total. The number of hydrogen-bond donors (Lipinski definition) is 0. The van der Waals surface area contributed by atoms with Crippen molar-refractivity contribution < 1.29 is 28.0 Å². The van der Waals surface area contributed by atoms with E-state index >= 15 is 0 Å². The number of hydrogen-bond acceptors (Lipinski definition) is 6. The third-order valence-corrected chi connectivity index (χ3v) is 3.87. The van der Waals surface area contributed by atoms with E-state index < -0.39 is 35.7 Å². The molecule has 1 saturated heterocycles.